The number of nitrogens with zero attached hydrogens (tertiary/aromatic N) is 1. The molecule has 1 aliphatic rings. The lowest BCUT2D eigenvalue weighted by Gasteiger charge is -2.35. The highest BCUT2D eigenvalue weighted by Crippen LogP contribution is 2.24. The van der Waals surface area contributed by atoms with Crippen molar-refractivity contribution in [3.8, 4) is 0 Å². The highest BCUT2D eigenvalue weighted by molar-refractivity contribution is 9.10. The summed E-state index contributed by atoms with van der Waals surface area (Å²) in [4.78, 5) is 14.6. The van der Waals surface area contributed by atoms with Gasteiger partial charge in [0.05, 0.1) is 0 Å². The van der Waals surface area contributed by atoms with Gasteiger partial charge in [-0.3, -0.25) is 4.79 Å². The molecule has 1 aliphatic heterocycles. The van der Waals surface area contributed by atoms with Gasteiger partial charge in [0.2, 0.25) is 0 Å². The van der Waals surface area contributed by atoms with Crippen molar-refractivity contribution in [2.24, 2.45) is 11.7 Å². The summed E-state index contributed by atoms with van der Waals surface area (Å²) in [7, 11) is 0. The highest BCUT2D eigenvalue weighted by Gasteiger charge is 2.27. The minimum Gasteiger partial charge on any atom is -0.338 e. The summed E-state index contributed by atoms with van der Waals surface area (Å²) in [6, 6.07) is 5.93. The van der Waals surface area contributed by atoms with Crippen LogP contribution in [0.2, 0.25) is 0 Å². The average molecular weight is 325 g/mol. The van der Waals surface area contributed by atoms with Crippen molar-refractivity contribution in [1.82, 2.24) is 4.90 Å². The maximum absolute atomic E-state index is 12.6. The van der Waals surface area contributed by atoms with Gasteiger partial charge < -0.3 is 10.6 Å². The van der Waals surface area contributed by atoms with Crippen LogP contribution < -0.4 is 5.73 Å². The molecule has 1 aromatic carbocycles. The molecule has 1 amide bonds. The standard InChI is InChI=1S/C15H21BrN2O/c1-10-13(6-3-7-14(10)16)15(19)18-8-4-5-12(9-18)11(2)17/h3,6-7,11-12H,4-5,8-9,17H2,1-2H3/t11-,12-/m1/s1. The third kappa shape index (κ3) is 3.18. The van der Waals surface area contributed by atoms with Crippen molar-refractivity contribution in [1.29, 1.82) is 0 Å². The fourth-order valence-corrected chi connectivity index (χ4v) is 3.00. The average Bonchev–Trinajstić information content (AvgIpc) is 2.41. The quantitative estimate of drug-likeness (QED) is 0.909. The van der Waals surface area contributed by atoms with E-state index in [0.717, 1.165) is 41.5 Å². The van der Waals surface area contributed by atoms with Crippen LogP contribution in [0, 0.1) is 12.8 Å². The van der Waals surface area contributed by atoms with Crippen LogP contribution in [-0.4, -0.2) is 29.9 Å². The van der Waals surface area contributed by atoms with Crippen LogP contribution in [0.1, 0.15) is 35.7 Å². The molecule has 104 valence electrons. The number of hydrogen-bond donors (Lipinski definition) is 1. The van der Waals surface area contributed by atoms with Crippen molar-refractivity contribution in [2.45, 2.75) is 32.7 Å². The Morgan fingerprint density at radius 1 is 1.53 bits per heavy atom. The molecular formula is C15H21BrN2O. The summed E-state index contributed by atoms with van der Waals surface area (Å²) in [5.74, 6) is 0.550. The smallest absolute Gasteiger partial charge is 0.254 e. The summed E-state index contributed by atoms with van der Waals surface area (Å²) in [5, 5.41) is 0. The maximum Gasteiger partial charge on any atom is 0.254 e. The monoisotopic (exact) mass is 324 g/mol. The molecule has 0 aliphatic carbocycles. The van der Waals surface area contributed by atoms with Crippen LogP contribution in [0.4, 0.5) is 0 Å². The molecule has 1 heterocycles. The van der Waals surface area contributed by atoms with E-state index < -0.39 is 0 Å². The molecule has 2 N–H and O–H groups in total. The summed E-state index contributed by atoms with van der Waals surface area (Å²) in [6.45, 7) is 5.63. The third-order valence-electron chi connectivity index (χ3n) is 3.99. The van der Waals surface area contributed by atoms with E-state index in [1.165, 1.54) is 0 Å². The lowest BCUT2D eigenvalue weighted by molar-refractivity contribution is 0.0660. The van der Waals surface area contributed by atoms with E-state index >= 15 is 0 Å². The zero-order valence-corrected chi connectivity index (χ0v) is 13.1. The zero-order chi connectivity index (χ0) is 14.0. The van der Waals surface area contributed by atoms with Crippen LogP contribution in [0.25, 0.3) is 0 Å². The van der Waals surface area contributed by atoms with Crippen molar-refractivity contribution in [3.63, 3.8) is 0 Å². The SMILES string of the molecule is Cc1c(Br)cccc1C(=O)N1CCC[C@@H]([C@@H](C)N)C1. The minimum absolute atomic E-state index is 0.129. The van der Waals surface area contributed by atoms with E-state index in [0.29, 0.717) is 5.92 Å². The van der Waals surface area contributed by atoms with E-state index in [4.69, 9.17) is 5.73 Å². The second-order valence-electron chi connectivity index (χ2n) is 5.42. The predicted octanol–water partition coefficient (Wildman–Crippen LogP) is 2.96. The molecule has 19 heavy (non-hydrogen) atoms. The number of likely N-dealkylation sites (tertiary alicyclic amines) is 1. The van der Waals surface area contributed by atoms with E-state index in [-0.39, 0.29) is 11.9 Å². The number of rotatable bonds is 2. The number of halogens is 1. The molecule has 0 spiro atoms. The summed E-state index contributed by atoms with van der Waals surface area (Å²) < 4.78 is 0.985. The molecule has 0 bridgehead atoms. The highest BCUT2D eigenvalue weighted by atomic mass is 79.9. The lowest BCUT2D eigenvalue weighted by atomic mass is 9.91. The molecule has 1 aromatic rings. The Hall–Kier alpha value is -0.870. The van der Waals surface area contributed by atoms with Gasteiger partial charge in [-0.25, -0.2) is 0 Å². The predicted molar refractivity (Wildman–Crippen MR) is 81.2 cm³/mol. The van der Waals surface area contributed by atoms with Crippen molar-refractivity contribution in [3.05, 3.63) is 33.8 Å². The lowest BCUT2D eigenvalue weighted by Crippen LogP contribution is -2.45. The maximum atomic E-state index is 12.6. The molecule has 3 nitrogen and oxygen atoms in total. The first-order valence-electron chi connectivity index (χ1n) is 6.80. The number of piperidine rings is 1. The van der Waals surface area contributed by atoms with Gasteiger partial charge in [-0.2, -0.15) is 0 Å². The fourth-order valence-electron chi connectivity index (χ4n) is 2.63. The van der Waals surface area contributed by atoms with Crippen LogP contribution in [0.3, 0.4) is 0 Å². The third-order valence-corrected chi connectivity index (χ3v) is 4.85. The Labute approximate surface area is 123 Å². The van der Waals surface area contributed by atoms with Crippen LogP contribution in [0.15, 0.2) is 22.7 Å². The number of carbonyl (C=O) groups excluding carboxylic acids is 1. The second kappa shape index (κ2) is 6.06. The number of carbonyl (C=O) groups is 1. The first-order valence-corrected chi connectivity index (χ1v) is 7.60. The Kier molecular flexibility index (Phi) is 4.63. The Bertz CT molecular complexity index is 473. The van der Waals surface area contributed by atoms with Crippen LogP contribution in [0.5, 0.6) is 0 Å². The Morgan fingerprint density at radius 3 is 2.95 bits per heavy atom. The molecule has 0 saturated carbocycles. The normalized spacial score (nSPS) is 21.3. The summed E-state index contributed by atoms with van der Waals surface area (Å²) in [5.41, 5.74) is 7.78. The van der Waals surface area contributed by atoms with Gasteiger partial charge in [0.1, 0.15) is 0 Å². The second-order valence-corrected chi connectivity index (χ2v) is 6.28. The topological polar surface area (TPSA) is 46.3 Å². The number of amides is 1. The molecule has 1 fully saturated rings. The van der Waals surface area contributed by atoms with Gasteiger partial charge in [0.25, 0.3) is 5.91 Å². The molecule has 2 rings (SSSR count). The summed E-state index contributed by atoms with van der Waals surface area (Å²) in [6.07, 6.45) is 2.17. The van der Waals surface area contributed by atoms with Gasteiger partial charge in [0, 0.05) is 29.2 Å². The Balaban J connectivity index is 2.17. The van der Waals surface area contributed by atoms with Gasteiger partial charge >= 0.3 is 0 Å². The van der Waals surface area contributed by atoms with Gasteiger partial charge in [-0.05, 0) is 50.3 Å². The Morgan fingerprint density at radius 2 is 2.26 bits per heavy atom. The molecule has 0 unspecified atom stereocenters. The molecule has 2 atom stereocenters. The van der Waals surface area contributed by atoms with Crippen LogP contribution in [-0.2, 0) is 0 Å². The minimum atomic E-state index is 0.129. The van der Waals surface area contributed by atoms with E-state index in [9.17, 15) is 4.79 Å². The van der Waals surface area contributed by atoms with E-state index in [1.54, 1.807) is 0 Å². The summed E-state index contributed by atoms with van der Waals surface area (Å²) >= 11 is 3.48. The molecular weight excluding hydrogens is 304 g/mol. The largest absolute Gasteiger partial charge is 0.338 e. The first kappa shape index (κ1) is 14.5. The fraction of sp³-hybridized carbons (Fsp3) is 0.533. The number of benzene rings is 1. The van der Waals surface area contributed by atoms with Crippen molar-refractivity contribution < 1.29 is 4.79 Å². The van der Waals surface area contributed by atoms with Crippen molar-refractivity contribution >= 4 is 21.8 Å². The zero-order valence-electron chi connectivity index (χ0n) is 11.5. The van der Waals surface area contributed by atoms with Gasteiger partial charge in [0.15, 0.2) is 0 Å². The van der Waals surface area contributed by atoms with Gasteiger partial charge in [-0.1, -0.05) is 22.0 Å². The van der Waals surface area contributed by atoms with E-state index in [1.807, 2.05) is 36.9 Å². The number of hydrogen-bond acceptors (Lipinski definition) is 2. The van der Waals surface area contributed by atoms with Crippen LogP contribution >= 0.6 is 15.9 Å². The van der Waals surface area contributed by atoms with Gasteiger partial charge in [-0.15, -0.1) is 0 Å². The molecule has 0 aromatic heterocycles. The molecule has 0 radical (unpaired) electrons. The number of nitrogens with two attached hydrogens (primary N) is 1. The van der Waals surface area contributed by atoms with E-state index in [2.05, 4.69) is 15.9 Å². The molecule has 4 heteroatoms. The first-order chi connectivity index (χ1) is 9.00. The van der Waals surface area contributed by atoms with Crippen molar-refractivity contribution in [2.75, 3.05) is 13.1 Å². The molecule has 1 saturated heterocycles.